The van der Waals surface area contributed by atoms with Gasteiger partial charge in [-0.2, -0.15) is 0 Å². The lowest BCUT2D eigenvalue weighted by molar-refractivity contribution is -0.138. The topological polar surface area (TPSA) is 58.6 Å². The highest BCUT2D eigenvalue weighted by atomic mass is 16.6. The maximum absolute atomic E-state index is 11.4. The molecule has 1 unspecified atom stereocenters. The molecule has 0 heterocycles. The lowest BCUT2D eigenvalue weighted by Gasteiger charge is -2.20. The lowest BCUT2D eigenvalue weighted by atomic mass is 9.90. The van der Waals surface area contributed by atoms with E-state index < -0.39 is 0 Å². The average molecular weight is 189 g/mol. The molecule has 0 aliphatic rings. The zero-order valence-electron chi connectivity index (χ0n) is 8.54. The first-order chi connectivity index (χ1) is 6.17. The van der Waals surface area contributed by atoms with Crippen LogP contribution in [0.25, 0.3) is 0 Å². The summed E-state index contributed by atoms with van der Waals surface area (Å²) in [4.78, 5) is 15.9. The first-order valence-corrected chi connectivity index (χ1v) is 4.61. The van der Waals surface area contributed by atoms with Crippen molar-refractivity contribution >= 4 is 5.91 Å². The zero-order valence-corrected chi connectivity index (χ0v) is 8.54. The van der Waals surface area contributed by atoms with Crippen molar-refractivity contribution in [3.63, 3.8) is 0 Å². The van der Waals surface area contributed by atoms with E-state index in [1.807, 2.05) is 13.8 Å². The van der Waals surface area contributed by atoms with E-state index in [4.69, 9.17) is 5.11 Å². The van der Waals surface area contributed by atoms with Crippen molar-refractivity contribution in [3.8, 4) is 0 Å². The van der Waals surface area contributed by atoms with Gasteiger partial charge in [0, 0.05) is 12.5 Å². The molecule has 4 heteroatoms. The van der Waals surface area contributed by atoms with Gasteiger partial charge in [-0.3, -0.25) is 9.63 Å². The Labute approximate surface area is 79.2 Å². The molecule has 0 aromatic rings. The fourth-order valence-electron chi connectivity index (χ4n) is 1.29. The summed E-state index contributed by atoms with van der Waals surface area (Å²) < 4.78 is 0. The summed E-state index contributed by atoms with van der Waals surface area (Å²) in [6.07, 6.45) is 1.70. The van der Waals surface area contributed by atoms with Crippen LogP contribution in [0.4, 0.5) is 0 Å². The molecule has 0 spiro atoms. The van der Waals surface area contributed by atoms with Gasteiger partial charge in [0.15, 0.2) is 0 Å². The molecule has 0 saturated carbocycles. The number of hydrogen-bond acceptors (Lipinski definition) is 3. The molecule has 0 aliphatic heterocycles. The molecule has 0 saturated heterocycles. The Morgan fingerprint density at radius 1 is 1.62 bits per heavy atom. The summed E-state index contributed by atoms with van der Waals surface area (Å²) in [5.41, 5.74) is 2.30. The van der Waals surface area contributed by atoms with Crippen LogP contribution in [0, 0.1) is 11.8 Å². The second-order valence-corrected chi connectivity index (χ2v) is 3.23. The molecular formula is C9H19NO3. The van der Waals surface area contributed by atoms with Crippen molar-refractivity contribution in [2.45, 2.75) is 26.7 Å². The Morgan fingerprint density at radius 3 is 2.62 bits per heavy atom. The first kappa shape index (κ1) is 12.4. The maximum Gasteiger partial charge on any atom is 0.246 e. The fourth-order valence-corrected chi connectivity index (χ4v) is 1.29. The highest BCUT2D eigenvalue weighted by Crippen LogP contribution is 2.17. The highest BCUT2D eigenvalue weighted by molar-refractivity contribution is 5.77. The van der Waals surface area contributed by atoms with E-state index in [9.17, 15) is 4.79 Å². The number of amides is 1. The minimum atomic E-state index is -0.157. The van der Waals surface area contributed by atoms with Crippen LogP contribution >= 0.6 is 0 Å². The number of aliphatic hydroxyl groups is 1. The van der Waals surface area contributed by atoms with E-state index in [2.05, 4.69) is 10.3 Å². The standard InChI is InChI=1S/C9H19NO3/c1-4-5-8(7(2)6-11)9(12)10-13-3/h7-8,11H,4-6H2,1-3H3,(H,10,12)/t7-,8?/m1/s1. The van der Waals surface area contributed by atoms with Crippen LogP contribution in [0.1, 0.15) is 26.7 Å². The van der Waals surface area contributed by atoms with Crippen molar-refractivity contribution in [3.05, 3.63) is 0 Å². The Bertz CT molecular complexity index is 150. The number of aliphatic hydroxyl groups excluding tert-OH is 1. The quantitative estimate of drug-likeness (QED) is 0.605. The van der Waals surface area contributed by atoms with Gasteiger partial charge in [-0.05, 0) is 12.3 Å². The maximum atomic E-state index is 11.4. The van der Waals surface area contributed by atoms with Gasteiger partial charge in [-0.1, -0.05) is 20.3 Å². The molecule has 4 nitrogen and oxygen atoms in total. The lowest BCUT2D eigenvalue weighted by Crippen LogP contribution is -2.34. The molecule has 1 amide bonds. The average Bonchev–Trinajstić information content (AvgIpc) is 2.13. The number of hydrogen-bond donors (Lipinski definition) is 2. The Morgan fingerprint density at radius 2 is 2.23 bits per heavy atom. The van der Waals surface area contributed by atoms with Crippen LogP contribution in [0.3, 0.4) is 0 Å². The predicted octanol–water partition coefficient (Wildman–Crippen LogP) is 0.709. The molecule has 0 fully saturated rings. The fraction of sp³-hybridized carbons (Fsp3) is 0.889. The molecule has 2 atom stereocenters. The van der Waals surface area contributed by atoms with Gasteiger partial charge in [0.05, 0.1) is 7.11 Å². The summed E-state index contributed by atoms with van der Waals surface area (Å²) in [6, 6.07) is 0. The van der Waals surface area contributed by atoms with Gasteiger partial charge < -0.3 is 5.11 Å². The van der Waals surface area contributed by atoms with Crippen LogP contribution in [0.15, 0.2) is 0 Å². The van der Waals surface area contributed by atoms with Gasteiger partial charge in [0.25, 0.3) is 0 Å². The van der Waals surface area contributed by atoms with Crippen molar-refractivity contribution in [2.75, 3.05) is 13.7 Å². The Balaban J connectivity index is 4.13. The molecule has 2 N–H and O–H groups in total. The molecular weight excluding hydrogens is 170 g/mol. The minimum Gasteiger partial charge on any atom is -0.396 e. The third-order valence-corrected chi connectivity index (χ3v) is 2.11. The van der Waals surface area contributed by atoms with Gasteiger partial charge in [-0.15, -0.1) is 0 Å². The van der Waals surface area contributed by atoms with Crippen molar-refractivity contribution < 1.29 is 14.7 Å². The largest absolute Gasteiger partial charge is 0.396 e. The third-order valence-electron chi connectivity index (χ3n) is 2.11. The van der Waals surface area contributed by atoms with E-state index in [1.54, 1.807) is 0 Å². The zero-order chi connectivity index (χ0) is 10.3. The summed E-state index contributed by atoms with van der Waals surface area (Å²) in [5.74, 6) is -0.323. The number of rotatable bonds is 6. The molecule has 0 aromatic heterocycles. The summed E-state index contributed by atoms with van der Waals surface area (Å²) >= 11 is 0. The van der Waals surface area contributed by atoms with Crippen LogP contribution in [-0.2, 0) is 9.63 Å². The second-order valence-electron chi connectivity index (χ2n) is 3.23. The predicted molar refractivity (Wildman–Crippen MR) is 49.8 cm³/mol. The summed E-state index contributed by atoms with van der Waals surface area (Å²) in [6.45, 7) is 3.90. The van der Waals surface area contributed by atoms with Crippen molar-refractivity contribution in [2.24, 2.45) is 11.8 Å². The minimum absolute atomic E-state index is 0.0184. The van der Waals surface area contributed by atoms with E-state index >= 15 is 0 Å². The molecule has 0 bridgehead atoms. The van der Waals surface area contributed by atoms with Gasteiger partial charge in [-0.25, -0.2) is 5.48 Å². The molecule has 13 heavy (non-hydrogen) atoms. The summed E-state index contributed by atoms with van der Waals surface area (Å²) in [5, 5.41) is 8.93. The molecule has 0 aromatic carbocycles. The number of carbonyl (C=O) groups excluding carboxylic acids is 1. The van der Waals surface area contributed by atoms with Gasteiger partial charge in [0.2, 0.25) is 5.91 Å². The van der Waals surface area contributed by atoms with E-state index in [-0.39, 0.29) is 24.3 Å². The van der Waals surface area contributed by atoms with Crippen LogP contribution < -0.4 is 5.48 Å². The number of carbonyl (C=O) groups is 1. The first-order valence-electron chi connectivity index (χ1n) is 4.61. The number of nitrogens with one attached hydrogen (secondary N) is 1. The van der Waals surface area contributed by atoms with Crippen LogP contribution in [-0.4, -0.2) is 24.7 Å². The third kappa shape index (κ3) is 4.24. The van der Waals surface area contributed by atoms with Gasteiger partial charge >= 0.3 is 0 Å². The monoisotopic (exact) mass is 189 g/mol. The Kier molecular flexibility index (Phi) is 6.54. The normalized spacial score (nSPS) is 15.1. The van der Waals surface area contributed by atoms with E-state index in [1.165, 1.54) is 7.11 Å². The Hall–Kier alpha value is -0.610. The highest BCUT2D eigenvalue weighted by Gasteiger charge is 2.23. The molecule has 0 rings (SSSR count). The molecule has 78 valence electrons. The van der Waals surface area contributed by atoms with E-state index in [0.717, 1.165) is 12.8 Å². The smallest absolute Gasteiger partial charge is 0.246 e. The van der Waals surface area contributed by atoms with Crippen LogP contribution in [0.2, 0.25) is 0 Å². The van der Waals surface area contributed by atoms with Gasteiger partial charge in [0.1, 0.15) is 0 Å². The van der Waals surface area contributed by atoms with Crippen LogP contribution in [0.5, 0.6) is 0 Å². The summed E-state index contributed by atoms with van der Waals surface area (Å²) in [7, 11) is 1.41. The second kappa shape index (κ2) is 6.86. The van der Waals surface area contributed by atoms with E-state index in [0.29, 0.717) is 0 Å². The molecule has 0 aliphatic carbocycles. The number of hydroxylamine groups is 1. The SMILES string of the molecule is CCCC(C(=O)NOC)[C@H](C)CO. The van der Waals surface area contributed by atoms with Crippen molar-refractivity contribution in [1.29, 1.82) is 0 Å². The molecule has 0 radical (unpaired) electrons. The van der Waals surface area contributed by atoms with Crippen molar-refractivity contribution in [1.82, 2.24) is 5.48 Å².